The maximum Gasteiger partial charge on any atom is 0.330 e. The van der Waals surface area contributed by atoms with Gasteiger partial charge in [-0.1, -0.05) is 24.3 Å². The van der Waals surface area contributed by atoms with Crippen molar-refractivity contribution in [3.63, 3.8) is 0 Å². The Bertz CT molecular complexity index is 585. The van der Waals surface area contributed by atoms with E-state index in [0.29, 0.717) is 30.1 Å². The van der Waals surface area contributed by atoms with Crippen LogP contribution in [0.15, 0.2) is 30.3 Å². The molecule has 0 aliphatic carbocycles. The molecular formula is C18H24O5S. The summed E-state index contributed by atoms with van der Waals surface area (Å²) in [6.07, 6.45) is 3.40. The van der Waals surface area contributed by atoms with E-state index in [2.05, 4.69) is 0 Å². The van der Waals surface area contributed by atoms with Gasteiger partial charge in [-0.2, -0.15) is 11.8 Å². The summed E-state index contributed by atoms with van der Waals surface area (Å²) in [5, 5.41) is 18.5. The molecule has 0 bridgehead atoms. The third-order valence-electron chi connectivity index (χ3n) is 3.68. The smallest absolute Gasteiger partial charge is 0.330 e. The van der Waals surface area contributed by atoms with Crippen molar-refractivity contribution in [3.8, 4) is 0 Å². The second-order valence-corrected chi connectivity index (χ2v) is 6.66. The Morgan fingerprint density at radius 3 is 2.71 bits per heavy atom. The summed E-state index contributed by atoms with van der Waals surface area (Å²) in [5.41, 5.74) is 0.414. The summed E-state index contributed by atoms with van der Waals surface area (Å²) in [7, 11) is 0. The topological polar surface area (TPSA) is 83.8 Å². The number of aliphatic hydroxyl groups is 1. The second-order valence-electron chi connectivity index (χ2n) is 5.43. The van der Waals surface area contributed by atoms with Crippen LogP contribution in [0.5, 0.6) is 0 Å². The number of hydrogen-bond acceptors (Lipinski definition) is 5. The zero-order valence-corrected chi connectivity index (χ0v) is 14.8. The third kappa shape index (κ3) is 6.02. The number of carbonyl (C=O) groups excluding carboxylic acids is 1. The Kier molecular flexibility index (Phi) is 8.57. The molecule has 0 heterocycles. The van der Waals surface area contributed by atoms with E-state index in [1.165, 1.54) is 17.8 Å². The SMILES string of the molecule is CCOC(=O)/C=C/c1cccc(C(C)(CCSCCO)C(=O)O)c1. The van der Waals surface area contributed by atoms with Gasteiger partial charge < -0.3 is 14.9 Å². The predicted octanol–water partition coefficient (Wildman–Crippen LogP) is 2.72. The number of hydrogen-bond donors (Lipinski definition) is 2. The maximum atomic E-state index is 11.8. The van der Waals surface area contributed by atoms with Crippen molar-refractivity contribution in [2.24, 2.45) is 0 Å². The van der Waals surface area contributed by atoms with Crippen LogP contribution >= 0.6 is 11.8 Å². The van der Waals surface area contributed by atoms with Gasteiger partial charge in [-0.3, -0.25) is 4.79 Å². The first-order chi connectivity index (χ1) is 11.4. The Balaban J connectivity index is 2.93. The van der Waals surface area contributed by atoms with Crippen LogP contribution in [-0.4, -0.2) is 46.9 Å². The Labute approximate surface area is 146 Å². The van der Waals surface area contributed by atoms with Crippen LogP contribution in [0.3, 0.4) is 0 Å². The highest BCUT2D eigenvalue weighted by atomic mass is 32.2. The van der Waals surface area contributed by atoms with Crippen molar-refractivity contribution >= 4 is 29.8 Å². The van der Waals surface area contributed by atoms with Crippen molar-refractivity contribution in [1.82, 2.24) is 0 Å². The van der Waals surface area contributed by atoms with Crippen LogP contribution in [0.1, 0.15) is 31.4 Å². The lowest BCUT2D eigenvalue weighted by Gasteiger charge is -2.25. The molecule has 24 heavy (non-hydrogen) atoms. The molecular weight excluding hydrogens is 328 g/mol. The van der Waals surface area contributed by atoms with Gasteiger partial charge in [0.05, 0.1) is 18.6 Å². The molecule has 2 N–H and O–H groups in total. The van der Waals surface area contributed by atoms with E-state index >= 15 is 0 Å². The Hall–Kier alpha value is -1.79. The lowest BCUT2D eigenvalue weighted by molar-refractivity contribution is -0.143. The Morgan fingerprint density at radius 1 is 1.33 bits per heavy atom. The van der Waals surface area contributed by atoms with Crippen LogP contribution in [0.4, 0.5) is 0 Å². The maximum absolute atomic E-state index is 11.8. The van der Waals surface area contributed by atoms with Crippen molar-refractivity contribution in [1.29, 1.82) is 0 Å². The minimum absolute atomic E-state index is 0.0859. The zero-order chi connectivity index (χ0) is 18.0. The van der Waals surface area contributed by atoms with Gasteiger partial charge in [0.2, 0.25) is 0 Å². The van der Waals surface area contributed by atoms with Gasteiger partial charge in [-0.15, -0.1) is 0 Å². The van der Waals surface area contributed by atoms with E-state index in [0.717, 1.165) is 5.56 Å². The van der Waals surface area contributed by atoms with E-state index in [9.17, 15) is 14.7 Å². The highest BCUT2D eigenvalue weighted by Crippen LogP contribution is 2.30. The van der Waals surface area contributed by atoms with Crippen molar-refractivity contribution < 1.29 is 24.5 Å². The zero-order valence-electron chi connectivity index (χ0n) is 14.0. The molecule has 0 aliphatic heterocycles. The minimum atomic E-state index is -1.02. The Morgan fingerprint density at radius 2 is 2.08 bits per heavy atom. The monoisotopic (exact) mass is 352 g/mol. The summed E-state index contributed by atoms with van der Waals surface area (Å²) < 4.78 is 4.83. The first kappa shape index (κ1) is 20.3. The van der Waals surface area contributed by atoms with Crippen LogP contribution in [0, 0.1) is 0 Å². The van der Waals surface area contributed by atoms with Gasteiger partial charge >= 0.3 is 11.9 Å². The quantitative estimate of drug-likeness (QED) is 0.383. The summed E-state index contributed by atoms with van der Waals surface area (Å²) in [5.74, 6) is -0.0764. The fraction of sp³-hybridized carbons (Fsp3) is 0.444. The van der Waals surface area contributed by atoms with Crippen LogP contribution in [0.2, 0.25) is 0 Å². The minimum Gasteiger partial charge on any atom is -0.481 e. The molecule has 1 aromatic carbocycles. The van der Waals surface area contributed by atoms with Crippen LogP contribution in [-0.2, 0) is 19.7 Å². The standard InChI is InChI=1S/C18H24O5S/c1-3-23-16(20)8-7-14-5-4-6-15(13-14)18(2,17(21)22)9-11-24-12-10-19/h4-8,13,19H,3,9-12H2,1-2H3,(H,21,22)/b8-7+. The summed E-state index contributed by atoms with van der Waals surface area (Å²) in [6, 6.07) is 7.15. The lowest BCUT2D eigenvalue weighted by Crippen LogP contribution is -2.33. The number of ether oxygens (including phenoxy) is 1. The largest absolute Gasteiger partial charge is 0.481 e. The molecule has 1 atom stereocenters. The second kappa shape index (κ2) is 10.2. The molecule has 0 saturated carbocycles. The lowest BCUT2D eigenvalue weighted by atomic mass is 9.79. The summed E-state index contributed by atoms with van der Waals surface area (Å²) in [4.78, 5) is 23.2. The number of thioether (sulfide) groups is 1. The van der Waals surface area contributed by atoms with Gasteiger partial charge in [0.25, 0.3) is 0 Å². The molecule has 0 spiro atoms. The number of carbonyl (C=O) groups is 2. The van der Waals surface area contributed by atoms with Crippen LogP contribution < -0.4 is 0 Å². The molecule has 5 nitrogen and oxygen atoms in total. The van der Waals surface area contributed by atoms with E-state index in [1.807, 2.05) is 6.07 Å². The van der Waals surface area contributed by atoms with Crippen molar-refractivity contribution in [2.75, 3.05) is 24.7 Å². The summed E-state index contributed by atoms with van der Waals surface area (Å²) >= 11 is 1.53. The fourth-order valence-corrected chi connectivity index (χ4v) is 3.04. The van der Waals surface area contributed by atoms with E-state index in [-0.39, 0.29) is 6.61 Å². The number of esters is 1. The predicted molar refractivity (Wildman–Crippen MR) is 96.1 cm³/mol. The van der Waals surface area contributed by atoms with Crippen molar-refractivity contribution in [3.05, 3.63) is 41.5 Å². The van der Waals surface area contributed by atoms with Gasteiger partial charge in [-0.25, -0.2) is 4.79 Å². The molecule has 0 amide bonds. The first-order valence-electron chi connectivity index (χ1n) is 7.81. The molecule has 0 saturated heterocycles. The summed E-state index contributed by atoms with van der Waals surface area (Å²) in [6.45, 7) is 3.83. The molecule has 1 unspecified atom stereocenters. The fourth-order valence-electron chi connectivity index (χ4n) is 2.16. The van der Waals surface area contributed by atoms with E-state index in [1.54, 1.807) is 38.1 Å². The van der Waals surface area contributed by atoms with Crippen LogP contribution in [0.25, 0.3) is 6.08 Å². The van der Waals surface area contributed by atoms with Gasteiger partial charge in [0, 0.05) is 11.8 Å². The van der Waals surface area contributed by atoms with Crippen molar-refractivity contribution in [2.45, 2.75) is 25.7 Å². The average molecular weight is 352 g/mol. The molecule has 0 fully saturated rings. The average Bonchev–Trinajstić information content (AvgIpc) is 2.57. The van der Waals surface area contributed by atoms with E-state index in [4.69, 9.17) is 9.84 Å². The number of aliphatic carboxylic acids is 1. The molecule has 0 aromatic heterocycles. The van der Waals surface area contributed by atoms with Gasteiger partial charge in [0.15, 0.2) is 0 Å². The number of aliphatic hydroxyl groups excluding tert-OH is 1. The molecule has 0 aliphatic rings. The number of carboxylic acids is 1. The molecule has 1 aromatic rings. The highest BCUT2D eigenvalue weighted by Gasteiger charge is 2.34. The number of benzene rings is 1. The first-order valence-corrected chi connectivity index (χ1v) is 8.97. The third-order valence-corrected chi connectivity index (χ3v) is 4.64. The van der Waals surface area contributed by atoms with E-state index < -0.39 is 17.4 Å². The van der Waals surface area contributed by atoms with Gasteiger partial charge in [-0.05, 0) is 43.2 Å². The van der Waals surface area contributed by atoms with Gasteiger partial charge in [0.1, 0.15) is 0 Å². The molecule has 0 radical (unpaired) electrons. The highest BCUT2D eigenvalue weighted by molar-refractivity contribution is 7.99. The number of rotatable bonds is 10. The molecule has 132 valence electrons. The normalized spacial score (nSPS) is 13.6. The molecule has 1 rings (SSSR count). The number of carboxylic acid groups (broad SMARTS) is 1. The molecule has 6 heteroatoms.